The highest BCUT2D eigenvalue weighted by atomic mass is 16.5. The number of hydrogen-bond donors (Lipinski definition) is 1. The molecule has 0 aliphatic carbocycles. The number of hydrogen-bond acceptors (Lipinski definition) is 2. The lowest BCUT2D eigenvalue weighted by Crippen LogP contribution is -2.22. The quantitative estimate of drug-likeness (QED) is 0.615. The van der Waals surface area contributed by atoms with E-state index in [1.165, 1.54) is 6.92 Å². The van der Waals surface area contributed by atoms with Crippen LogP contribution < -0.4 is 5.32 Å². The van der Waals surface area contributed by atoms with E-state index >= 15 is 0 Å². The maximum atomic E-state index is 10.4. The lowest BCUT2D eigenvalue weighted by Gasteiger charge is -2.09. The van der Waals surface area contributed by atoms with Gasteiger partial charge in [0.1, 0.15) is 0 Å². The van der Waals surface area contributed by atoms with Gasteiger partial charge in [0.2, 0.25) is 5.91 Å². The van der Waals surface area contributed by atoms with E-state index in [2.05, 4.69) is 19.2 Å². The van der Waals surface area contributed by atoms with E-state index in [0.717, 1.165) is 19.4 Å². The Bertz CT molecular complexity index is 126. The molecule has 0 aromatic rings. The van der Waals surface area contributed by atoms with Gasteiger partial charge in [0.05, 0.1) is 6.10 Å². The number of amides is 1. The summed E-state index contributed by atoms with van der Waals surface area (Å²) < 4.78 is 5.42. The average Bonchev–Trinajstić information content (AvgIpc) is 2.03. The van der Waals surface area contributed by atoms with Crippen molar-refractivity contribution in [1.29, 1.82) is 0 Å². The summed E-state index contributed by atoms with van der Waals surface area (Å²) in [6.45, 7) is 7.12. The summed E-state index contributed by atoms with van der Waals surface area (Å²) in [7, 11) is 0. The van der Waals surface area contributed by atoms with Gasteiger partial charge in [-0.05, 0) is 19.8 Å². The van der Waals surface area contributed by atoms with Gasteiger partial charge in [-0.1, -0.05) is 6.92 Å². The van der Waals surface area contributed by atoms with E-state index in [1.807, 2.05) is 0 Å². The molecular weight excluding hydrogens is 154 g/mol. The average molecular weight is 173 g/mol. The molecular formula is C9H19NO2. The van der Waals surface area contributed by atoms with Gasteiger partial charge in [0.25, 0.3) is 0 Å². The van der Waals surface area contributed by atoms with Crippen LogP contribution in [-0.2, 0) is 9.53 Å². The topological polar surface area (TPSA) is 38.3 Å². The molecule has 0 aromatic heterocycles. The molecule has 0 aliphatic heterocycles. The van der Waals surface area contributed by atoms with Crippen molar-refractivity contribution in [1.82, 2.24) is 5.32 Å². The minimum Gasteiger partial charge on any atom is -0.378 e. The summed E-state index contributed by atoms with van der Waals surface area (Å²) in [6, 6.07) is 0. The highest BCUT2D eigenvalue weighted by Gasteiger charge is 1.97. The normalized spacial score (nSPS) is 12.6. The standard InChI is InChI=1S/C9H19NO2/c1-4-8(2)12-7-5-6-10-9(3)11/h8H,4-7H2,1-3H3,(H,10,11). The van der Waals surface area contributed by atoms with Gasteiger partial charge in [-0.3, -0.25) is 4.79 Å². The van der Waals surface area contributed by atoms with Crippen LogP contribution >= 0.6 is 0 Å². The van der Waals surface area contributed by atoms with Crippen molar-refractivity contribution in [3.05, 3.63) is 0 Å². The largest absolute Gasteiger partial charge is 0.378 e. The van der Waals surface area contributed by atoms with Crippen molar-refractivity contribution in [3.63, 3.8) is 0 Å². The fourth-order valence-corrected chi connectivity index (χ4v) is 0.739. The van der Waals surface area contributed by atoms with Crippen LogP contribution in [0.4, 0.5) is 0 Å². The number of carbonyl (C=O) groups excluding carboxylic acids is 1. The SMILES string of the molecule is CCC(C)OCCCNC(C)=O. The summed E-state index contributed by atoms with van der Waals surface area (Å²) in [6.07, 6.45) is 2.27. The van der Waals surface area contributed by atoms with Crippen LogP contribution in [0.3, 0.4) is 0 Å². The first kappa shape index (κ1) is 11.4. The molecule has 1 amide bonds. The maximum Gasteiger partial charge on any atom is 0.216 e. The van der Waals surface area contributed by atoms with Gasteiger partial charge in [-0.2, -0.15) is 0 Å². The van der Waals surface area contributed by atoms with Crippen LogP contribution in [0.1, 0.15) is 33.6 Å². The number of rotatable bonds is 6. The first-order valence-electron chi connectivity index (χ1n) is 4.52. The summed E-state index contributed by atoms with van der Waals surface area (Å²) in [5, 5.41) is 2.72. The molecule has 0 bridgehead atoms. The zero-order chi connectivity index (χ0) is 9.40. The van der Waals surface area contributed by atoms with E-state index < -0.39 is 0 Å². The van der Waals surface area contributed by atoms with Crippen LogP contribution in [0, 0.1) is 0 Å². The van der Waals surface area contributed by atoms with Crippen LogP contribution in [-0.4, -0.2) is 25.2 Å². The Morgan fingerprint density at radius 3 is 2.75 bits per heavy atom. The van der Waals surface area contributed by atoms with Gasteiger partial charge in [0.15, 0.2) is 0 Å². The smallest absolute Gasteiger partial charge is 0.216 e. The van der Waals surface area contributed by atoms with E-state index in [4.69, 9.17) is 4.74 Å². The van der Waals surface area contributed by atoms with Crippen molar-refractivity contribution in [2.75, 3.05) is 13.2 Å². The van der Waals surface area contributed by atoms with Gasteiger partial charge < -0.3 is 10.1 Å². The first-order valence-corrected chi connectivity index (χ1v) is 4.52. The van der Waals surface area contributed by atoms with Crippen LogP contribution in [0.5, 0.6) is 0 Å². The van der Waals surface area contributed by atoms with Crippen LogP contribution in [0.25, 0.3) is 0 Å². The lowest BCUT2D eigenvalue weighted by molar-refractivity contribution is -0.119. The molecule has 1 atom stereocenters. The molecule has 0 saturated heterocycles. The van der Waals surface area contributed by atoms with Crippen molar-refractivity contribution >= 4 is 5.91 Å². The van der Waals surface area contributed by atoms with Gasteiger partial charge in [-0.15, -0.1) is 0 Å². The van der Waals surface area contributed by atoms with Crippen LogP contribution in [0.2, 0.25) is 0 Å². The monoisotopic (exact) mass is 173 g/mol. The third-order valence-corrected chi connectivity index (χ3v) is 1.67. The predicted octanol–water partition coefficient (Wildman–Crippen LogP) is 1.33. The number of ether oxygens (including phenoxy) is 1. The van der Waals surface area contributed by atoms with E-state index in [-0.39, 0.29) is 5.91 Å². The molecule has 3 nitrogen and oxygen atoms in total. The Kier molecular flexibility index (Phi) is 6.76. The Morgan fingerprint density at radius 2 is 2.25 bits per heavy atom. The fraction of sp³-hybridized carbons (Fsp3) is 0.889. The molecule has 1 unspecified atom stereocenters. The summed E-state index contributed by atoms with van der Waals surface area (Å²) in [5.74, 6) is 0.0264. The van der Waals surface area contributed by atoms with E-state index in [1.54, 1.807) is 0 Å². The lowest BCUT2D eigenvalue weighted by atomic mass is 10.3. The number of nitrogens with one attached hydrogen (secondary N) is 1. The van der Waals surface area contributed by atoms with E-state index in [9.17, 15) is 4.79 Å². The second-order valence-electron chi connectivity index (χ2n) is 2.93. The molecule has 0 rings (SSSR count). The third-order valence-electron chi connectivity index (χ3n) is 1.67. The Morgan fingerprint density at radius 1 is 1.58 bits per heavy atom. The minimum atomic E-state index is 0.0264. The molecule has 0 aromatic carbocycles. The molecule has 0 saturated carbocycles. The van der Waals surface area contributed by atoms with Crippen LogP contribution in [0.15, 0.2) is 0 Å². The summed E-state index contributed by atoms with van der Waals surface area (Å²) in [4.78, 5) is 10.4. The molecule has 0 heterocycles. The fourth-order valence-electron chi connectivity index (χ4n) is 0.739. The highest BCUT2D eigenvalue weighted by molar-refractivity contribution is 5.72. The molecule has 0 aliphatic rings. The van der Waals surface area contributed by atoms with E-state index in [0.29, 0.717) is 12.6 Å². The Balaban J connectivity index is 3.05. The van der Waals surface area contributed by atoms with Gasteiger partial charge in [-0.25, -0.2) is 0 Å². The molecule has 1 N–H and O–H groups in total. The second-order valence-corrected chi connectivity index (χ2v) is 2.93. The second kappa shape index (κ2) is 7.10. The third kappa shape index (κ3) is 7.54. The summed E-state index contributed by atoms with van der Waals surface area (Å²) in [5.41, 5.74) is 0. The Hall–Kier alpha value is -0.570. The first-order chi connectivity index (χ1) is 5.66. The summed E-state index contributed by atoms with van der Waals surface area (Å²) >= 11 is 0. The van der Waals surface area contributed by atoms with Crippen molar-refractivity contribution in [2.24, 2.45) is 0 Å². The predicted molar refractivity (Wildman–Crippen MR) is 49.0 cm³/mol. The number of carbonyl (C=O) groups is 1. The minimum absolute atomic E-state index is 0.0264. The zero-order valence-corrected chi connectivity index (χ0v) is 8.22. The molecule has 12 heavy (non-hydrogen) atoms. The molecule has 0 spiro atoms. The highest BCUT2D eigenvalue weighted by Crippen LogP contribution is 1.95. The Labute approximate surface area is 74.5 Å². The maximum absolute atomic E-state index is 10.4. The van der Waals surface area contributed by atoms with Crippen molar-refractivity contribution < 1.29 is 9.53 Å². The zero-order valence-electron chi connectivity index (χ0n) is 8.22. The van der Waals surface area contributed by atoms with Crippen molar-refractivity contribution in [3.8, 4) is 0 Å². The van der Waals surface area contributed by atoms with Gasteiger partial charge >= 0.3 is 0 Å². The van der Waals surface area contributed by atoms with Gasteiger partial charge in [0, 0.05) is 20.1 Å². The molecule has 3 heteroatoms. The molecule has 72 valence electrons. The molecule has 0 fully saturated rings. The van der Waals surface area contributed by atoms with Crippen molar-refractivity contribution in [2.45, 2.75) is 39.7 Å². The molecule has 0 radical (unpaired) electrons.